The number of aromatic nitrogens is 2. The van der Waals surface area contributed by atoms with Gasteiger partial charge >= 0.3 is 0 Å². The first kappa shape index (κ1) is 13.5. The van der Waals surface area contributed by atoms with Crippen molar-refractivity contribution in [2.45, 2.75) is 18.6 Å². The van der Waals surface area contributed by atoms with Gasteiger partial charge in [-0.25, -0.2) is 10.0 Å². The lowest BCUT2D eigenvalue weighted by Crippen LogP contribution is -2.61. The molecule has 3 heterocycles. The Bertz CT molecular complexity index is 675. The summed E-state index contributed by atoms with van der Waals surface area (Å²) in [5.74, 6) is 0.0735. The van der Waals surface area contributed by atoms with Crippen LogP contribution in [0.25, 0.3) is 5.69 Å². The molecule has 114 valence electrons. The molecule has 1 aromatic heterocycles. The third-order valence-electron chi connectivity index (χ3n) is 4.32. The molecule has 2 aliphatic rings. The van der Waals surface area contributed by atoms with Gasteiger partial charge in [0.05, 0.1) is 12.7 Å². The van der Waals surface area contributed by atoms with E-state index in [1.165, 1.54) is 10.6 Å². The quantitative estimate of drug-likeness (QED) is 0.855. The van der Waals surface area contributed by atoms with Gasteiger partial charge in [-0.15, -0.1) is 0 Å². The number of amides is 1. The van der Waals surface area contributed by atoms with Crippen LogP contribution in [-0.4, -0.2) is 51.2 Å². The fraction of sp³-hybridized carbons (Fsp3) is 0.375. The van der Waals surface area contributed by atoms with Crippen LogP contribution >= 0.6 is 0 Å². The summed E-state index contributed by atoms with van der Waals surface area (Å²) >= 11 is 0. The second kappa shape index (κ2) is 4.93. The average Bonchev–Trinajstić information content (AvgIpc) is 3.09. The van der Waals surface area contributed by atoms with Crippen LogP contribution in [0.5, 0.6) is 0 Å². The molecule has 6 heteroatoms. The SMILES string of the molecule is CN1OC2(CC1=O)CN(Cc1ccc(-n3ccnc3)cc1)C2. The van der Waals surface area contributed by atoms with Gasteiger partial charge in [0.2, 0.25) is 5.91 Å². The maximum Gasteiger partial charge on any atom is 0.248 e. The minimum atomic E-state index is -0.275. The zero-order chi connectivity index (χ0) is 15.2. The number of hydrogen-bond acceptors (Lipinski definition) is 4. The Kier molecular flexibility index (Phi) is 3.02. The summed E-state index contributed by atoms with van der Waals surface area (Å²) in [4.78, 5) is 23.6. The molecule has 2 aromatic rings. The molecule has 4 rings (SSSR count). The Hall–Kier alpha value is -2.18. The second-order valence-corrected chi connectivity index (χ2v) is 6.12. The molecule has 0 N–H and O–H groups in total. The van der Waals surface area contributed by atoms with Crippen LogP contribution in [0, 0.1) is 0 Å². The molecule has 6 nitrogen and oxygen atoms in total. The fourth-order valence-electron chi connectivity index (χ4n) is 3.25. The van der Waals surface area contributed by atoms with Crippen molar-refractivity contribution >= 4 is 5.91 Å². The van der Waals surface area contributed by atoms with Crippen molar-refractivity contribution in [3.05, 3.63) is 48.5 Å². The molecule has 1 aromatic carbocycles. The largest absolute Gasteiger partial charge is 0.306 e. The molecule has 1 amide bonds. The molecular weight excluding hydrogens is 280 g/mol. The number of carbonyl (C=O) groups is 1. The number of nitrogens with zero attached hydrogens (tertiary/aromatic N) is 4. The average molecular weight is 298 g/mol. The summed E-state index contributed by atoms with van der Waals surface area (Å²) in [5, 5.41) is 1.37. The van der Waals surface area contributed by atoms with E-state index in [9.17, 15) is 4.79 Å². The van der Waals surface area contributed by atoms with E-state index in [4.69, 9.17) is 4.84 Å². The molecule has 0 bridgehead atoms. The smallest absolute Gasteiger partial charge is 0.248 e. The van der Waals surface area contributed by atoms with E-state index in [0.717, 1.165) is 25.3 Å². The Labute approximate surface area is 128 Å². The Balaban J connectivity index is 1.36. The van der Waals surface area contributed by atoms with Gasteiger partial charge in [0.25, 0.3) is 0 Å². The van der Waals surface area contributed by atoms with Crippen molar-refractivity contribution in [3.63, 3.8) is 0 Å². The van der Waals surface area contributed by atoms with Gasteiger partial charge < -0.3 is 4.57 Å². The summed E-state index contributed by atoms with van der Waals surface area (Å²) in [7, 11) is 1.69. The Morgan fingerprint density at radius 1 is 1.27 bits per heavy atom. The van der Waals surface area contributed by atoms with Crippen LogP contribution in [0.15, 0.2) is 43.0 Å². The lowest BCUT2D eigenvalue weighted by atomic mass is 9.90. The van der Waals surface area contributed by atoms with E-state index in [1.54, 1.807) is 19.6 Å². The van der Waals surface area contributed by atoms with Crippen LogP contribution in [-0.2, 0) is 16.2 Å². The van der Waals surface area contributed by atoms with Gasteiger partial charge in [-0.2, -0.15) is 0 Å². The normalized spacial score (nSPS) is 20.6. The van der Waals surface area contributed by atoms with Gasteiger partial charge in [0.1, 0.15) is 5.60 Å². The molecule has 2 saturated heterocycles. The Morgan fingerprint density at radius 3 is 2.64 bits per heavy atom. The number of hydroxylamine groups is 2. The topological polar surface area (TPSA) is 50.6 Å². The molecule has 0 saturated carbocycles. The first-order valence-electron chi connectivity index (χ1n) is 7.39. The van der Waals surface area contributed by atoms with Crippen molar-refractivity contribution in [2.75, 3.05) is 20.1 Å². The fourth-order valence-corrected chi connectivity index (χ4v) is 3.25. The van der Waals surface area contributed by atoms with Crippen LogP contribution in [0.2, 0.25) is 0 Å². The molecule has 0 atom stereocenters. The highest BCUT2D eigenvalue weighted by molar-refractivity contribution is 5.78. The lowest BCUT2D eigenvalue weighted by Gasteiger charge is -2.45. The predicted molar refractivity (Wildman–Crippen MR) is 80.0 cm³/mol. The summed E-state index contributed by atoms with van der Waals surface area (Å²) in [6.07, 6.45) is 5.99. The maximum absolute atomic E-state index is 11.6. The predicted octanol–water partition coefficient (Wildman–Crippen LogP) is 1.22. The van der Waals surface area contributed by atoms with Gasteiger partial charge in [0.15, 0.2) is 0 Å². The molecule has 22 heavy (non-hydrogen) atoms. The highest BCUT2D eigenvalue weighted by atomic mass is 16.7. The minimum Gasteiger partial charge on any atom is -0.306 e. The Morgan fingerprint density at radius 2 is 2.05 bits per heavy atom. The van der Waals surface area contributed by atoms with E-state index in [2.05, 4.69) is 34.1 Å². The summed E-state index contributed by atoms with van der Waals surface area (Å²) in [5.41, 5.74) is 2.09. The third kappa shape index (κ3) is 2.30. The van der Waals surface area contributed by atoms with Crippen LogP contribution in [0.1, 0.15) is 12.0 Å². The molecule has 0 radical (unpaired) electrons. The van der Waals surface area contributed by atoms with Crippen molar-refractivity contribution < 1.29 is 9.63 Å². The number of benzene rings is 1. The van der Waals surface area contributed by atoms with Crippen molar-refractivity contribution in [1.29, 1.82) is 0 Å². The molecule has 1 spiro atoms. The van der Waals surface area contributed by atoms with Gasteiger partial charge in [-0.1, -0.05) is 12.1 Å². The van der Waals surface area contributed by atoms with E-state index in [0.29, 0.717) is 6.42 Å². The maximum atomic E-state index is 11.6. The standard InChI is InChI=1S/C16H18N4O2/c1-18-15(21)8-16(22-18)10-19(11-16)9-13-2-4-14(5-3-13)20-7-6-17-12-20/h2-7,12H,8-11H2,1H3. The zero-order valence-electron chi connectivity index (χ0n) is 12.5. The van der Waals surface area contributed by atoms with Crippen molar-refractivity contribution in [1.82, 2.24) is 19.5 Å². The van der Waals surface area contributed by atoms with E-state index in [-0.39, 0.29) is 11.5 Å². The van der Waals surface area contributed by atoms with E-state index in [1.807, 2.05) is 10.8 Å². The van der Waals surface area contributed by atoms with Crippen LogP contribution in [0.4, 0.5) is 0 Å². The molecule has 2 fully saturated rings. The van der Waals surface area contributed by atoms with Crippen molar-refractivity contribution in [2.24, 2.45) is 0 Å². The summed E-state index contributed by atoms with van der Waals surface area (Å²) in [6.45, 7) is 2.51. The van der Waals surface area contributed by atoms with E-state index < -0.39 is 0 Å². The molecule has 0 unspecified atom stereocenters. The van der Waals surface area contributed by atoms with Crippen molar-refractivity contribution in [3.8, 4) is 5.69 Å². The van der Waals surface area contributed by atoms with Crippen LogP contribution in [0.3, 0.4) is 0 Å². The first-order chi connectivity index (χ1) is 10.6. The van der Waals surface area contributed by atoms with Gasteiger partial charge in [-0.05, 0) is 17.7 Å². The number of carbonyl (C=O) groups excluding carboxylic acids is 1. The third-order valence-corrected chi connectivity index (χ3v) is 4.32. The first-order valence-corrected chi connectivity index (χ1v) is 7.39. The van der Waals surface area contributed by atoms with E-state index >= 15 is 0 Å². The minimum absolute atomic E-state index is 0.0735. The zero-order valence-corrected chi connectivity index (χ0v) is 12.5. The number of likely N-dealkylation sites (tertiary alicyclic amines) is 1. The second-order valence-electron chi connectivity index (χ2n) is 6.12. The summed E-state index contributed by atoms with van der Waals surface area (Å²) < 4.78 is 1.98. The number of hydrogen-bond donors (Lipinski definition) is 0. The number of rotatable bonds is 3. The summed E-state index contributed by atoms with van der Waals surface area (Å²) in [6, 6.07) is 8.45. The molecular formula is C16H18N4O2. The molecule has 2 aliphatic heterocycles. The van der Waals surface area contributed by atoms with Gasteiger partial charge in [-0.3, -0.25) is 14.5 Å². The highest BCUT2D eigenvalue weighted by Crippen LogP contribution is 2.35. The number of imidazole rings is 1. The highest BCUT2D eigenvalue weighted by Gasteiger charge is 2.52. The van der Waals surface area contributed by atoms with Crippen LogP contribution < -0.4 is 0 Å². The monoisotopic (exact) mass is 298 g/mol. The van der Waals surface area contributed by atoms with Gasteiger partial charge in [0, 0.05) is 44.8 Å². The molecule has 0 aliphatic carbocycles. The lowest BCUT2D eigenvalue weighted by molar-refractivity contribution is -0.227.